The molecule has 2 aromatic rings. The van der Waals surface area contributed by atoms with E-state index in [4.69, 9.17) is 14.9 Å². The summed E-state index contributed by atoms with van der Waals surface area (Å²) in [4.78, 5) is -0.424. The Morgan fingerprint density at radius 3 is 2.57 bits per heavy atom. The number of methoxy groups -OCH3 is 1. The summed E-state index contributed by atoms with van der Waals surface area (Å²) >= 11 is 0. The highest BCUT2D eigenvalue weighted by Crippen LogP contribution is 2.42. The first kappa shape index (κ1) is 25.3. The number of hydrogen-bond donors (Lipinski definition) is 1. The lowest BCUT2D eigenvalue weighted by molar-refractivity contribution is -0.137. The van der Waals surface area contributed by atoms with E-state index in [2.05, 4.69) is 0 Å². The summed E-state index contributed by atoms with van der Waals surface area (Å²) in [5.74, 6) is 0.715. The van der Waals surface area contributed by atoms with Crippen LogP contribution in [0, 0.1) is 5.41 Å². The van der Waals surface area contributed by atoms with Crippen LogP contribution in [0.15, 0.2) is 47.4 Å². The van der Waals surface area contributed by atoms with Crippen molar-refractivity contribution in [2.24, 2.45) is 0 Å². The first-order valence-electron chi connectivity index (χ1n) is 11.7. The molecule has 4 rings (SSSR count). The maximum absolute atomic E-state index is 13.7. The van der Waals surface area contributed by atoms with E-state index >= 15 is 0 Å². The average Bonchev–Trinajstić information content (AvgIpc) is 2.86. The van der Waals surface area contributed by atoms with Gasteiger partial charge in [-0.25, -0.2) is 8.42 Å². The predicted molar refractivity (Wildman–Crippen MR) is 127 cm³/mol. The van der Waals surface area contributed by atoms with E-state index in [-0.39, 0.29) is 18.9 Å². The lowest BCUT2D eigenvalue weighted by atomic mass is 9.84. The van der Waals surface area contributed by atoms with Crippen LogP contribution in [-0.2, 0) is 20.9 Å². The van der Waals surface area contributed by atoms with E-state index in [1.165, 1.54) is 19.6 Å². The Kier molecular flexibility index (Phi) is 7.30. The van der Waals surface area contributed by atoms with Crippen LogP contribution in [0.2, 0.25) is 0 Å². The molecule has 1 N–H and O–H groups in total. The second-order valence-corrected chi connectivity index (χ2v) is 10.9. The van der Waals surface area contributed by atoms with Gasteiger partial charge in [0.15, 0.2) is 5.90 Å². The lowest BCUT2D eigenvalue weighted by Crippen LogP contribution is -2.43. The minimum atomic E-state index is -4.66. The van der Waals surface area contributed by atoms with Gasteiger partial charge in [0.2, 0.25) is 0 Å². The number of alkyl halides is 3. The molecule has 0 aromatic heterocycles. The van der Waals surface area contributed by atoms with E-state index in [1.807, 2.05) is 12.1 Å². The van der Waals surface area contributed by atoms with Crippen LogP contribution in [0.25, 0.3) is 0 Å². The topological polar surface area (TPSA) is 79.7 Å². The summed E-state index contributed by atoms with van der Waals surface area (Å²) in [6.45, 7) is -0.0727. The van der Waals surface area contributed by atoms with Crippen molar-refractivity contribution in [1.29, 1.82) is 5.41 Å². The zero-order valence-corrected chi connectivity index (χ0v) is 20.3. The van der Waals surface area contributed by atoms with Crippen molar-refractivity contribution in [2.45, 2.75) is 68.0 Å². The smallest absolute Gasteiger partial charge is 0.416 e. The van der Waals surface area contributed by atoms with Crippen LogP contribution < -0.4 is 9.04 Å². The molecule has 10 heteroatoms. The molecule has 35 heavy (non-hydrogen) atoms. The SMILES string of the molecule is COC(=N)CC[C@H]1CN(S(=O)(=O)c2cccc(C(F)(F)F)c2)c2cc(C3CCCCC3)ccc2O1. The molecule has 190 valence electrons. The van der Waals surface area contributed by atoms with Gasteiger partial charge in [-0.15, -0.1) is 0 Å². The molecular weight excluding hydrogens is 481 g/mol. The van der Waals surface area contributed by atoms with E-state index in [9.17, 15) is 21.6 Å². The Bertz CT molecular complexity index is 1180. The Balaban J connectivity index is 1.73. The van der Waals surface area contributed by atoms with Gasteiger partial charge in [0, 0.05) is 6.42 Å². The molecule has 1 saturated carbocycles. The molecule has 6 nitrogen and oxygen atoms in total. The summed E-state index contributed by atoms with van der Waals surface area (Å²) in [5.41, 5.74) is 0.326. The van der Waals surface area contributed by atoms with Crippen LogP contribution in [0.5, 0.6) is 5.75 Å². The van der Waals surface area contributed by atoms with Crippen molar-refractivity contribution < 1.29 is 31.1 Å². The molecule has 2 aliphatic rings. The van der Waals surface area contributed by atoms with E-state index in [0.29, 0.717) is 29.8 Å². The summed E-state index contributed by atoms with van der Waals surface area (Å²) in [7, 11) is -2.93. The molecule has 1 atom stereocenters. The number of benzene rings is 2. The van der Waals surface area contributed by atoms with Gasteiger partial charge in [-0.3, -0.25) is 9.71 Å². The van der Waals surface area contributed by atoms with Gasteiger partial charge in [0.05, 0.1) is 29.8 Å². The summed E-state index contributed by atoms with van der Waals surface area (Å²) in [6, 6.07) is 9.32. The number of nitrogens with one attached hydrogen (secondary N) is 1. The van der Waals surface area contributed by atoms with Gasteiger partial charge in [-0.05, 0) is 61.1 Å². The Morgan fingerprint density at radius 2 is 1.89 bits per heavy atom. The van der Waals surface area contributed by atoms with Gasteiger partial charge in [-0.1, -0.05) is 31.4 Å². The predicted octanol–water partition coefficient (Wildman–Crippen LogP) is 6.11. The van der Waals surface area contributed by atoms with Crippen molar-refractivity contribution in [2.75, 3.05) is 18.0 Å². The third-order valence-corrected chi connectivity index (χ3v) is 8.46. The zero-order chi connectivity index (χ0) is 25.2. The quantitative estimate of drug-likeness (QED) is 0.375. The first-order valence-corrected chi connectivity index (χ1v) is 13.2. The monoisotopic (exact) mass is 510 g/mol. The van der Waals surface area contributed by atoms with E-state index in [0.717, 1.165) is 47.7 Å². The number of anilines is 1. The molecule has 0 amide bonds. The number of ether oxygens (including phenoxy) is 2. The number of nitrogens with zero attached hydrogens (tertiary/aromatic N) is 1. The summed E-state index contributed by atoms with van der Waals surface area (Å²) in [5, 5.41) is 7.72. The Hall–Kier alpha value is -2.75. The van der Waals surface area contributed by atoms with Gasteiger partial charge < -0.3 is 9.47 Å². The van der Waals surface area contributed by atoms with Crippen LogP contribution in [-0.4, -0.2) is 34.1 Å². The van der Waals surface area contributed by atoms with Gasteiger partial charge in [-0.2, -0.15) is 13.2 Å². The molecular formula is C25H29F3N2O4S. The standard InChI is InChI=1S/C25H29F3N2O4S/c1-33-24(29)13-11-20-16-30(35(31,32)21-9-5-8-19(15-21)25(26,27)28)22-14-18(10-12-23(22)34-20)17-6-3-2-4-7-17/h5,8-10,12,14-15,17,20,29H,2-4,6-7,11,13,16H2,1H3/t20-/m0/s1. The molecule has 1 aliphatic carbocycles. The molecule has 1 heterocycles. The fourth-order valence-electron chi connectivity index (χ4n) is 4.75. The summed E-state index contributed by atoms with van der Waals surface area (Å²) < 4.78 is 79.4. The lowest BCUT2D eigenvalue weighted by Gasteiger charge is -2.36. The fourth-order valence-corrected chi connectivity index (χ4v) is 6.30. The number of hydrogen-bond acceptors (Lipinski definition) is 5. The van der Waals surface area contributed by atoms with Crippen molar-refractivity contribution in [1.82, 2.24) is 0 Å². The number of halogens is 3. The van der Waals surface area contributed by atoms with Crippen molar-refractivity contribution in [3.8, 4) is 5.75 Å². The largest absolute Gasteiger partial charge is 0.486 e. The molecule has 0 radical (unpaired) electrons. The number of rotatable bonds is 6. The minimum absolute atomic E-state index is 0.0410. The number of fused-ring (bicyclic) bond motifs is 1. The normalized spacial score (nSPS) is 19.1. The highest BCUT2D eigenvalue weighted by Gasteiger charge is 2.37. The molecule has 2 aromatic carbocycles. The molecule has 0 bridgehead atoms. The average molecular weight is 511 g/mol. The minimum Gasteiger partial charge on any atom is -0.486 e. The molecule has 0 saturated heterocycles. The Morgan fingerprint density at radius 1 is 1.14 bits per heavy atom. The molecule has 0 unspecified atom stereocenters. The van der Waals surface area contributed by atoms with Crippen LogP contribution in [0.3, 0.4) is 0 Å². The van der Waals surface area contributed by atoms with Gasteiger partial charge in [0.25, 0.3) is 10.0 Å². The highest BCUT2D eigenvalue weighted by atomic mass is 32.2. The molecule has 0 spiro atoms. The third kappa shape index (κ3) is 5.58. The third-order valence-electron chi connectivity index (χ3n) is 6.68. The van der Waals surface area contributed by atoms with Crippen molar-refractivity contribution in [3.05, 3.63) is 53.6 Å². The maximum Gasteiger partial charge on any atom is 0.416 e. The second-order valence-electron chi connectivity index (χ2n) is 9.03. The Labute approximate surface area is 203 Å². The molecule has 1 fully saturated rings. The van der Waals surface area contributed by atoms with Gasteiger partial charge >= 0.3 is 6.18 Å². The van der Waals surface area contributed by atoms with Crippen LogP contribution in [0.4, 0.5) is 18.9 Å². The second kappa shape index (κ2) is 10.1. The van der Waals surface area contributed by atoms with E-state index < -0.39 is 32.8 Å². The summed E-state index contributed by atoms with van der Waals surface area (Å²) in [6.07, 6.45) is 0.752. The van der Waals surface area contributed by atoms with Crippen LogP contribution in [0.1, 0.15) is 62.0 Å². The van der Waals surface area contributed by atoms with Gasteiger partial charge in [0.1, 0.15) is 11.9 Å². The van der Waals surface area contributed by atoms with E-state index in [1.54, 1.807) is 6.07 Å². The van der Waals surface area contributed by atoms with Crippen LogP contribution >= 0.6 is 0 Å². The van der Waals surface area contributed by atoms with Crippen molar-refractivity contribution >= 4 is 21.6 Å². The maximum atomic E-state index is 13.7. The van der Waals surface area contributed by atoms with Crippen molar-refractivity contribution in [3.63, 3.8) is 0 Å². The zero-order valence-electron chi connectivity index (χ0n) is 19.5. The fraction of sp³-hybridized carbons (Fsp3) is 0.480. The molecule has 1 aliphatic heterocycles. The first-order chi connectivity index (χ1) is 16.6. The number of sulfonamides is 1. The highest BCUT2D eigenvalue weighted by molar-refractivity contribution is 7.92.